The number of allylic oxidation sites excluding steroid dienone is 3. The van der Waals surface area contributed by atoms with E-state index in [4.69, 9.17) is 10.1 Å². The van der Waals surface area contributed by atoms with Crippen LogP contribution in [0.25, 0.3) is 10.9 Å². The molecule has 34 heavy (non-hydrogen) atoms. The van der Waals surface area contributed by atoms with E-state index in [1.165, 1.54) is 0 Å². The van der Waals surface area contributed by atoms with Crippen LogP contribution in [0.15, 0.2) is 68.1 Å². The molecule has 1 N–H and O–H groups in total. The van der Waals surface area contributed by atoms with Gasteiger partial charge < -0.3 is 15.3 Å². The van der Waals surface area contributed by atoms with Crippen LogP contribution in [0.2, 0.25) is 0 Å². The number of fused-ring (bicyclic) bond motifs is 1. The predicted molar refractivity (Wildman–Crippen MR) is 133 cm³/mol. The molecule has 0 aliphatic carbocycles. The molecule has 0 atom stereocenters. The van der Waals surface area contributed by atoms with E-state index in [-0.39, 0.29) is 51.4 Å². The van der Waals surface area contributed by atoms with Gasteiger partial charge in [0.2, 0.25) is 5.95 Å². The van der Waals surface area contributed by atoms with Crippen LogP contribution in [0, 0.1) is 11.8 Å². The van der Waals surface area contributed by atoms with Gasteiger partial charge in [0.15, 0.2) is 0 Å². The molecule has 0 saturated carbocycles. The molecule has 7 nitrogen and oxygen atoms in total. The number of aromatic nitrogens is 4. The molecule has 0 bridgehead atoms. The second-order valence-electron chi connectivity index (χ2n) is 7.46. The van der Waals surface area contributed by atoms with E-state index in [1.54, 1.807) is 6.08 Å². The molecular weight excluding hydrogens is 451 g/mol. The Morgan fingerprint density at radius 1 is 1.24 bits per heavy atom. The number of nitrogens with one attached hydrogen (secondary N) is 1. The van der Waals surface area contributed by atoms with Crippen molar-refractivity contribution in [3.05, 3.63) is 73.7 Å². The summed E-state index contributed by atoms with van der Waals surface area (Å²) in [6, 6.07) is 6.09. The molecule has 0 amide bonds. The predicted octanol–water partition coefficient (Wildman–Crippen LogP) is 0.625. The van der Waals surface area contributed by atoms with Gasteiger partial charge >= 0.3 is 51.4 Å². The monoisotopic (exact) mass is 480 g/mol. The van der Waals surface area contributed by atoms with Crippen molar-refractivity contribution in [3.63, 3.8) is 0 Å². The molecule has 170 valence electrons. The zero-order valence-electron chi connectivity index (χ0n) is 20.0. The van der Waals surface area contributed by atoms with Crippen LogP contribution < -0.4 is 66.7 Å². The zero-order valence-corrected chi connectivity index (χ0v) is 23.2. The van der Waals surface area contributed by atoms with E-state index in [1.807, 2.05) is 35.3 Å². The Kier molecular flexibility index (Phi) is 11.7. The van der Waals surface area contributed by atoms with Gasteiger partial charge in [-0.3, -0.25) is 4.68 Å². The number of hydrogen-bond donors (Lipinski definition) is 1. The first-order valence-corrected chi connectivity index (χ1v) is 10.8. The quantitative estimate of drug-likeness (QED) is 0.220. The van der Waals surface area contributed by atoms with Crippen LogP contribution in [0.4, 0.5) is 17.3 Å². The summed E-state index contributed by atoms with van der Waals surface area (Å²) in [4.78, 5) is 11.7. The van der Waals surface area contributed by atoms with Crippen molar-refractivity contribution in [3.8, 4) is 11.8 Å². The molecule has 1 aromatic carbocycles. The zero-order chi connectivity index (χ0) is 23.6. The Balaban J connectivity index is 0.00000133. The minimum Gasteiger partial charge on any atom is -0.857 e. The SMILES string of the molecule is C=CCn1ncc2ccc(Nc3ncc(N4CC#CCCC4)c(CC(=C)C=C)n3)cc21.C[O-].[K+]. The van der Waals surface area contributed by atoms with Gasteiger partial charge in [0.1, 0.15) is 0 Å². The number of anilines is 3. The number of benzene rings is 1. The number of rotatable bonds is 8. The summed E-state index contributed by atoms with van der Waals surface area (Å²) >= 11 is 0. The van der Waals surface area contributed by atoms with Crippen molar-refractivity contribution in [2.24, 2.45) is 0 Å². The molecule has 3 aromatic rings. The van der Waals surface area contributed by atoms with Crippen molar-refractivity contribution in [2.45, 2.75) is 25.8 Å². The minimum absolute atomic E-state index is 0. The molecule has 8 heteroatoms. The van der Waals surface area contributed by atoms with E-state index >= 15 is 0 Å². The maximum absolute atomic E-state index is 8.25. The first-order valence-electron chi connectivity index (χ1n) is 10.8. The molecule has 0 spiro atoms. The maximum Gasteiger partial charge on any atom is 1.00 e. The molecule has 3 heterocycles. The maximum atomic E-state index is 8.25. The molecule has 0 fully saturated rings. The van der Waals surface area contributed by atoms with Crippen LogP contribution in [0.1, 0.15) is 18.5 Å². The standard InChI is InChI=1S/C25H26N6.CH3O.K/c1-4-12-31-23-16-21(11-10-20(23)17-27-31)28-25-26-18-24(22(29-25)15-19(3)5-2)30-13-8-6-7-9-14-30;1-2;/h4-5,10-11,16-18H,1-3,6,8,12-15H2,(H,26,28,29);1H3;/q;-1;+1. The smallest absolute Gasteiger partial charge is 0.857 e. The van der Waals surface area contributed by atoms with Crippen molar-refractivity contribution in [2.75, 3.05) is 30.4 Å². The van der Waals surface area contributed by atoms with Gasteiger partial charge in [-0.2, -0.15) is 12.2 Å². The average molecular weight is 481 g/mol. The molecule has 0 saturated heterocycles. The molecule has 1 aliphatic heterocycles. The number of nitrogens with zero attached hydrogens (tertiary/aromatic N) is 5. The van der Waals surface area contributed by atoms with Crippen molar-refractivity contribution in [1.82, 2.24) is 19.7 Å². The van der Waals surface area contributed by atoms with E-state index in [0.29, 0.717) is 25.5 Å². The second kappa shape index (κ2) is 14.2. The Bertz CT molecular complexity index is 1210. The minimum atomic E-state index is 0. The van der Waals surface area contributed by atoms with Crippen molar-refractivity contribution in [1.29, 1.82) is 0 Å². The van der Waals surface area contributed by atoms with Crippen molar-refractivity contribution >= 4 is 28.2 Å². The summed E-state index contributed by atoms with van der Waals surface area (Å²) < 4.78 is 1.91. The largest absolute Gasteiger partial charge is 1.00 e. The Labute approximate surface area is 244 Å². The topological polar surface area (TPSA) is 81.9 Å². The summed E-state index contributed by atoms with van der Waals surface area (Å²) in [7, 11) is 0.750. The third kappa shape index (κ3) is 7.12. The third-order valence-corrected chi connectivity index (χ3v) is 5.20. The summed E-state index contributed by atoms with van der Waals surface area (Å²) in [6.07, 6.45) is 9.93. The van der Waals surface area contributed by atoms with Crippen LogP contribution >= 0.6 is 0 Å². The summed E-state index contributed by atoms with van der Waals surface area (Å²) in [5.74, 6) is 6.97. The van der Waals surface area contributed by atoms with Gasteiger partial charge in [-0.1, -0.05) is 31.2 Å². The molecule has 2 aromatic heterocycles. The summed E-state index contributed by atoms with van der Waals surface area (Å²) in [5.41, 5.74) is 4.78. The Hall–Kier alpha value is -2.25. The fraction of sp³-hybridized carbons (Fsp3) is 0.269. The van der Waals surface area contributed by atoms with Crippen LogP contribution in [0.3, 0.4) is 0 Å². The molecule has 4 rings (SSSR count). The van der Waals surface area contributed by atoms with Crippen LogP contribution in [-0.2, 0) is 13.0 Å². The van der Waals surface area contributed by atoms with E-state index in [2.05, 4.69) is 57.9 Å². The van der Waals surface area contributed by atoms with Crippen molar-refractivity contribution < 1.29 is 56.5 Å². The molecule has 1 aliphatic rings. The summed E-state index contributed by atoms with van der Waals surface area (Å²) in [5, 5.41) is 17.1. The molecule has 0 unspecified atom stereocenters. The van der Waals surface area contributed by atoms with E-state index < -0.39 is 0 Å². The summed E-state index contributed by atoms with van der Waals surface area (Å²) in [6.45, 7) is 14.0. The third-order valence-electron chi connectivity index (χ3n) is 5.20. The van der Waals surface area contributed by atoms with Gasteiger partial charge in [-0.15, -0.1) is 12.5 Å². The first-order chi connectivity index (χ1) is 16.2. The van der Waals surface area contributed by atoms with Gasteiger partial charge in [0.05, 0.1) is 42.4 Å². The number of hydrogen-bond acceptors (Lipinski definition) is 6. The van der Waals surface area contributed by atoms with Crippen LogP contribution in [-0.4, -0.2) is 39.9 Å². The van der Waals surface area contributed by atoms with E-state index in [0.717, 1.165) is 60.0 Å². The Morgan fingerprint density at radius 3 is 2.82 bits per heavy atom. The van der Waals surface area contributed by atoms with Gasteiger partial charge in [-0.05, 0) is 30.2 Å². The Morgan fingerprint density at radius 2 is 2.06 bits per heavy atom. The van der Waals surface area contributed by atoms with Gasteiger partial charge in [0, 0.05) is 30.5 Å². The first kappa shape index (κ1) is 28.0. The second-order valence-corrected chi connectivity index (χ2v) is 7.46. The fourth-order valence-electron chi connectivity index (χ4n) is 3.58. The van der Waals surface area contributed by atoms with E-state index in [9.17, 15) is 0 Å². The van der Waals surface area contributed by atoms with Crippen LogP contribution in [0.5, 0.6) is 0 Å². The fourth-order valence-corrected chi connectivity index (χ4v) is 3.58. The average Bonchev–Trinajstić information content (AvgIpc) is 3.05. The van der Waals surface area contributed by atoms with Gasteiger partial charge in [-0.25, -0.2) is 9.97 Å². The normalized spacial score (nSPS) is 12.2. The van der Waals surface area contributed by atoms with Gasteiger partial charge in [0.25, 0.3) is 0 Å². The molecular formula is C26H29KN6O. The molecule has 0 radical (unpaired) electrons.